The smallest absolute Gasteiger partial charge is 0.157 e. The van der Waals surface area contributed by atoms with Crippen LogP contribution in [0.4, 0.5) is 0 Å². The van der Waals surface area contributed by atoms with Gasteiger partial charge in [0.2, 0.25) is 0 Å². The van der Waals surface area contributed by atoms with Gasteiger partial charge in [0.25, 0.3) is 0 Å². The molecule has 0 aliphatic carbocycles. The Hall–Kier alpha value is -1.26. The Morgan fingerprint density at radius 2 is 1.62 bits per heavy atom. The number of aryl methyl sites for hydroxylation is 1. The first-order chi connectivity index (χ1) is 11.8. The molecule has 0 aromatic heterocycles. The third-order valence-corrected chi connectivity index (χ3v) is 4.46. The largest absolute Gasteiger partial charge is 0.497 e. The number of rotatable bonds is 11. The van der Waals surface area contributed by atoms with E-state index in [9.17, 15) is 0 Å². The molecule has 2 rings (SSSR count). The van der Waals surface area contributed by atoms with E-state index in [1.807, 2.05) is 6.07 Å². The normalized spacial score (nSPS) is 17.7. The molecule has 1 atom stereocenters. The molecule has 1 unspecified atom stereocenters. The molecule has 136 valence electrons. The summed E-state index contributed by atoms with van der Waals surface area (Å²) in [6.07, 6.45) is 10.7. The molecule has 0 saturated carbocycles. The number of ether oxygens (including phenoxy) is 4. The predicted molar refractivity (Wildman–Crippen MR) is 95.9 cm³/mol. The molecule has 1 aliphatic heterocycles. The first-order valence-electron chi connectivity index (χ1n) is 9.27. The molecule has 0 bridgehead atoms. The highest BCUT2D eigenvalue weighted by Crippen LogP contribution is 2.23. The summed E-state index contributed by atoms with van der Waals surface area (Å²) in [6, 6.07) is 6.11. The molecule has 1 fully saturated rings. The number of methoxy groups -OCH3 is 2. The minimum Gasteiger partial charge on any atom is -0.497 e. The minimum atomic E-state index is 0.0572. The quantitative estimate of drug-likeness (QED) is 0.547. The van der Waals surface area contributed by atoms with Gasteiger partial charge in [-0.3, -0.25) is 0 Å². The molecular weight excluding hydrogens is 304 g/mol. The molecule has 4 nitrogen and oxygen atoms in total. The van der Waals surface area contributed by atoms with Crippen molar-refractivity contribution in [2.45, 2.75) is 64.1 Å². The molecule has 4 heteroatoms. The molecule has 0 radical (unpaired) electrons. The Kier molecular flexibility index (Phi) is 9.00. The lowest BCUT2D eigenvalue weighted by Crippen LogP contribution is -2.22. The van der Waals surface area contributed by atoms with Gasteiger partial charge >= 0.3 is 0 Å². The Balaban J connectivity index is 1.52. The van der Waals surface area contributed by atoms with Gasteiger partial charge in [-0.15, -0.1) is 0 Å². The lowest BCUT2D eigenvalue weighted by molar-refractivity contribution is -0.162. The second kappa shape index (κ2) is 11.3. The summed E-state index contributed by atoms with van der Waals surface area (Å²) in [4.78, 5) is 0. The SMILES string of the molecule is COc1cc(CCCCCCCOC2CCCCO2)cc(OC)c1. The van der Waals surface area contributed by atoms with E-state index in [1.165, 1.54) is 44.1 Å². The highest BCUT2D eigenvalue weighted by Gasteiger charge is 2.13. The third-order valence-electron chi connectivity index (χ3n) is 4.46. The van der Waals surface area contributed by atoms with Crippen LogP contribution in [0.5, 0.6) is 11.5 Å². The number of unbranched alkanes of at least 4 members (excludes halogenated alkanes) is 4. The topological polar surface area (TPSA) is 36.9 Å². The van der Waals surface area contributed by atoms with Crippen LogP contribution < -0.4 is 9.47 Å². The van der Waals surface area contributed by atoms with Crippen molar-refractivity contribution in [1.29, 1.82) is 0 Å². The summed E-state index contributed by atoms with van der Waals surface area (Å²) >= 11 is 0. The minimum absolute atomic E-state index is 0.0572. The third kappa shape index (κ3) is 7.10. The number of hydrogen-bond donors (Lipinski definition) is 0. The maximum atomic E-state index is 5.76. The van der Waals surface area contributed by atoms with Crippen LogP contribution in [0.3, 0.4) is 0 Å². The zero-order valence-corrected chi connectivity index (χ0v) is 15.2. The average Bonchev–Trinajstić information content (AvgIpc) is 2.64. The maximum absolute atomic E-state index is 5.76. The van der Waals surface area contributed by atoms with Crippen LogP contribution in [-0.2, 0) is 15.9 Å². The van der Waals surface area contributed by atoms with Crippen LogP contribution >= 0.6 is 0 Å². The van der Waals surface area contributed by atoms with Crippen LogP contribution in [0.25, 0.3) is 0 Å². The van der Waals surface area contributed by atoms with Crippen LogP contribution in [0, 0.1) is 0 Å². The summed E-state index contributed by atoms with van der Waals surface area (Å²) in [5.74, 6) is 1.73. The monoisotopic (exact) mass is 336 g/mol. The highest BCUT2D eigenvalue weighted by molar-refractivity contribution is 5.38. The molecule has 0 spiro atoms. The van der Waals surface area contributed by atoms with E-state index in [2.05, 4.69) is 12.1 Å². The second-order valence-corrected chi connectivity index (χ2v) is 6.41. The molecule has 1 aromatic rings. The van der Waals surface area contributed by atoms with Gasteiger partial charge in [-0.25, -0.2) is 0 Å². The Labute approximate surface area is 146 Å². The summed E-state index contributed by atoms with van der Waals surface area (Å²) in [5, 5.41) is 0. The van der Waals surface area contributed by atoms with Gasteiger partial charge in [0.05, 0.1) is 14.2 Å². The lowest BCUT2D eigenvalue weighted by atomic mass is 10.0. The van der Waals surface area contributed by atoms with Gasteiger partial charge < -0.3 is 18.9 Å². The van der Waals surface area contributed by atoms with Crippen molar-refractivity contribution in [1.82, 2.24) is 0 Å². The zero-order valence-electron chi connectivity index (χ0n) is 15.2. The molecule has 1 heterocycles. The molecule has 0 N–H and O–H groups in total. The van der Waals surface area contributed by atoms with E-state index in [0.29, 0.717) is 0 Å². The molecule has 1 aromatic carbocycles. The molecule has 0 amide bonds. The van der Waals surface area contributed by atoms with Crippen molar-refractivity contribution in [3.63, 3.8) is 0 Å². The van der Waals surface area contributed by atoms with Crippen LogP contribution in [0.1, 0.15) is 56.9 Å². The van der Waals surface area contributed by atoms with E-state index in [4.69, 9.17) is 18.9 Å². The molecule has 24 heavy (non-hydrogen) atoms. The average molecular weight is 336 g/mol. The number of benzene rings is 1. The second-order valence-electron chi connectivity index (χ2n) is 6.41. The predicted octanol–water partition coefficient (Wildman–Crippen LogP) is 4.74. The standard InChI is InChI=1S/C20H32O4/c1-21-18-14-17(15-19(16-18)22-2)10-6-4-3-5-8-12-23-20-11-7-9-13-24-20/h14-16,20H,3-13H2,1-2H3. The molecular formula is C20H32O4. The zero-order chi connectivity index (χ0) is 17.0. The first kappa shape index (κ1) is 19.1. The van der Waals surface area contributed by atoms with E-state index >= 15 is 0 Å². The summed E-state index contributed by atoms with van der Waals surface area (Å²) in [6.45, 7) is 1.69. The Morgan fingerprint density at radius 3 is 2.29 bits per heavy atom. The summed E-state index contributed by atoms with van der Waals surface area (Å²) in [5.41, 5.74) is 1.28. The fourth-order valence-corrected chi connectivity index (χ4v) is 3.03. The first-order valence-corrected chi connectivity index (χ1v) is 9.27. The van der Waals surface area contributed by atoms with Gasteiger partial charge in [0.15, 0.2) is 6.29 Å². The van der Waals surface area contributed by atoms with Crippen molar-refractivity contribution in [3.8, 4) is 11.5 Å². The van der Waals surface area contributed by atoms with Crippen LogP contribution in [-0.4, -0.2) is 33.7 Å². The van der Waals surface area contributed by atoms with E-state index < -0.39 is 0 Å². The molecule has 1 saturated heterocycles. The van der Waals surface area contributed by atoms with Crippen molar-refractivity contribution in [2.24, 2.45) is 0 Å². The van der Waals surface area contributed by atoms with Crippen molar-refractivity contribution in [3.05, 3.63) is 23.8 Å². The van der Waals surface area contributed by atoms with E-state index in [0.717, 1.165) is 44.0 Å². The van der Waals surface area contributed by atoms with Gasteiger partial charge in [-0.1, -0.05) is 19.3 Å². The lowest BCUT2D eigenvalue weighted by Gasteiger charge is -2.22. The highest BCUT2D eigenvalue weighted by atomic mass is 16.7. The fraction of sp³-hybridized carbons (Fsp3) is 0.700. The van der Waals surface area contributed by atoms with Crippen molar-refractivity contribution < 1.29 is 18.9 Å². The summed E-state index contributed by atoms with van der Waals surface area (Å²) < 4.78 is 22.0. The van der Waals surface area contributed by atoms with Crippen LogP contribution in [0.15, 0.2) is 18.2 Å². The van der Waals surface area contributed by atoms with Gasteiger partial charge in [-0.05, 0) is 56.2 Å². The Morgan fingerprint density at radius 1 is 0.917 bits per heavy atom. The fourth-order valence-electron chi connectivity index (χ4n) is 3.03. The van der Waals surface area contributed by atoms with Gasteiger partial charge in [-0.2, -0.15) is 0 Å². The van der Waals surface area contributed by atoms with Gasteiger partial charge in [0, 0.05) is 19.3 Å². The molecule has 1 aliphatic rings. The Bertz CT molecular complexity index is 433. The van der Waals surface area contributed by atoms with Gasteiger partial charge in [0.1, 0.15) is 11.5 Å². The van der Waals surface area contributed by atoms with Crippen molar-refractivity contribution in [2.75, 3.05) is 27.4 Å². The van der Waals surface area contributed by atoms with Crippen molar-refractivity contribution >= 4 is 0 Å². The van der Waals surface area contributed by atoms with E-state index in [-0.39, 0.29) is 6.29 Å². The maximum Gasteiger partial charge on any atom is 0.157 e. The van der Waals surface area contributed by atoms with E-state index in [1.54, 1.807) is 14.2 Å². The summed E-state index contributed by atoms with van der Waals surface area (Å²) in [7, 11) is 3.39. The number of hydrogen-bond acceptors (Lipinski definition) is 4. The van der Waals surface area contributed by atoms with Crippen LogP contribution in [0.2, 0.25) is 0 Å².